The third kappa shape index (κ3) is 3.29. The summed E-state index contributed by atoms with van der Waals surface area (Å²) in [6.07, 6.45) is 5.53. The minimum atomic E-state index is -0.764. The molecule has 20 heavy (non-hydrogen) atoms. The molecule has 0 bridgehead atoms. The van der Waals surface area contributed by atoms with Crippen LogP contribution in [0.15, 0.2) is 24.3 Å². The molecule has 1 aromatic carbocycles. The predicted octanol–water partition coefficient (Wildman–Crippen LogP) is 1.37. The summed E-state index contributed by atoms with van der Waals surface area (Å²) >= 11 is 0. The fourth-order valence-corrected chi connectivity index (χ4v) is 2.23. The number of benzene rings is 1. The molecule has 0 atom stereocenters. The normalized spacial score (nSPS) is 15.4. The molecule has 2 amide bonds. The highest BCUT2D eigenvalue weighted by Gasteiger charge is 2.25. The summed E-state index contributed by atoms with van der Waals surface area (Å²) in [6, 6.07) is 6.94. The maximum absolute atomic E-state index is 12.3. The van der Waals surface area contributed by atoms with Crippen LogP contribution in [0.25, 0.3) is 0 Å². The van der Waals surface area contributed by atoms with Crippen LogP contribution in [0, 0.1) is 12.3 Å². The molecule has 0 aliphatic carbocycles. The van der Waals surface area contributed by atoms with E-state index in [0.717, 1.165) is 5.56 Å². The number of hydrogen-bond acceptors (Lipinski definition) is 3. The molecule has 1 aliphatic rings. The van der Waals surface area contributed by atoms with E-state index in [4.69, 9.17) is 16.9 Å². The average Bonchev–Trinajstić information content (AvgIpc) is 2.47. The van der Waals surface area contributed by atoms with Gasteiger partial charge in [0.2, 0.25) is 0 Å². The smallest absolute Gasteiger partial charge is 0.404 e. The van der Waals surface area contributed by atoms with E-state index < -0.39 is 6.09 Å². The van der Waals surface area contributed by atoms with Gasteiger partial charge in [0.25, 0.3) is 5.91 Å². The Kier molecular flexibility index (Phi) is 4.26. The Hall–Kier alpha value is -2.48. The van der Waals surface area contributed by atoms with Crippen LogP contribution in [0.3, 0.4) is 0 Å². The van der Waals surface area contributed by atoms with Crippen molar-refractivity contribution in [3.63, 3.8) is 0 Å². The number of carbonyl (C=O) groups excluding carboxylic acids is 2. The molecule has 2 N–H and O–H groups in total. The number of terminal acetylenes is 1. The number of nitrogens with two attached hydrogens (primary N) is 1. The van der Waals surface area contributed by atoms with Crippen LogP contribution < -0.4 is 5.73 Å². The summed E-state index contributed by atoms with van der Waals surface area (Å²) in [7, 11) is 0. The van der Waals surface area contributed by atoms with Crippen LogP contribution >= 0.6 is 0 Å². The van der Waals surface area contributed by atoms with Crippen molar-refractivity contribution in [2.45, 2.75) is 18.9 Å². The molecule has 1 heterocycles. The van der Waals surface area contributed by atoms with E-state index in [1.807, 2.05) is 0 Å². The predicted molar refractivity (Wildman–Crippen MR) is 74.0 cm³/mol. The monoisotopic (exact) mass is 272 g/mol. The van der Waals surface area contributed by atoms with Crippen molar-refractivity contribution in [2.24, 2.45) is 5.73 Å². The first-order valence-electron chi connectivity index (χ1n) is 6.42. The Morgan fingerprint density at radius 1 is 1.25 bits per heavy atom. The number of piperidine rings is 1. The largest absolute Gasteiger partial charge is 0.446 e. The molecular weight excluding hydrogens is 256 g/mol. The van der Waals surface area contributed by atoms with E-state index >= 15 is 0 Å². The fourth-order valence-electron chi connectivity index (χ4n) is 2.23. The van der Waals surface area contributed by atoms with Crippen molar-refractivity contribution < 1.29 is 14.3 Å². The van der Waals surface area contributed by atoms with Gasteiger partial charge in [-0.2, -0.15) is 0 Å². The van der Waals surface area contributed by atoms with Crippen LogP contribution in [0.2, 0.25) is 0 Å². The second-order valence-electron chi connectivity index (χ2n) is 4.65. The van der Waals surface area contributed by atoms with Crippen LogP contribution in [0.1, 0.15) is 28.8 Å². The number of likely N-dealkylation sites (tertiary alicyclic amines) is 1. The highest BCUT2D eigenvalue weighted by molar-refractivity contribution is 5.94. The molecule has 104 valence electrons. The summed E-state index contributed by atoms with van der Waals surface area (Å²) < 4.78 is 4.93. The standard InChI is InChI=1S/C15H16N2O3/c1-2-11-3-5-12(6-4-11)14(18)17-9-7-13(8-10-17)20-15(16)19/h1,3-6,13H,7-10H2,(H2,16,19). The minimum absolute atomic E-state index is 0.0360. The summed E-state index contributed by atoms with van der Waals surface area (Å²) in [5.41, 5.74) is 6.33. The third-order valence-corrected chi connectivity index (χ3v) is 3.31. The maximum atomic E-state index is 12.3. The van der Waals surface area contributed by atoms with E-state index in [9.17, 15) is 9.59 Å². The Morgan fingerprint density at radius 2 is 1.85 bits per heavy atom. The molecular formula is C15H16N2O3. The fraction of sp³-hybridized carbons (Fsp3) is 0.333. The average molecular weight is 272 g/mol. The van der Waals surface area contributed by atoms with Crippen LogP contribution in [0.4, 0.5) is 4.79 Å². The van der Waals surface area contributed by atoms with Crippen LogP contribution in [0.5, 0.6) is 0 Å². The van der Waals surface area contributed by atoms with Gasteiger partial charge in [0.1, 0.15) is 6.10 Å². The first-order valence-corrected chi connectivity index (χ1v) is 6.42. The minimum Gasteiger partial charge on any atom is -0.446 e. The lowest BCUT2D eigenvalue weighted by atomic mass is 10.1. The number of ether oxygens (including phenoxy) is 1. The lowest BCUT2D eigenvalue weighted by Gasteiger charge is -2.31. The van der Waals surface area contributed by atoms with E-state index in [-0.39, 0.29) is 12.0 Å². The van der Waals surface area contributed by atoms with Crippen molar-refractivity contribution in [3.8, 4) is 12.3 Å². The van der Waals surface area contributed by atoms with Gasteiger partial charge in [-0.05, 0) is 24.3 Å². The molecule has 1 aliphatic heterocycles. The van der Waals surface area contributed by atoms with Crippen molar-refractivity contribution >= 4 is 12.0 Å². The molecule has 1 aromatic rings. The maximum Gasteiger partial charge on any atom is 0.404 e. The highest BCUT2D eigenvalue weighted by atomic mass is 16.6. The van der Waals surface area contributed by atoms with Crippen molar-refractivity contribution in [1.82, 2.24) is 4.90 Å². The van der Waals surface area contributed by atoms with Gasteiger partial charge in [0.15, 0.2) is 0 Å². The van der Waals surface area contributed by atoms with Crippen LogP contribution in [-0.4, -0.2) is 36.1 Å². The summed E-state index contributed by atoms with van der Waals surface area (Å²) in [5.74, 6) is 2.48. The summed E-state index contributed by atoms with van der Waals surface area (Å²) in [4.78, 5) is 24.7. The van der Waals surface area contributed by atoms with E-state index in [2.05, 4.69) is 5.92 Å². The van der Waals surface area contributed by atoms with Gasteiger partial charge in [-0.25, -0.2) is 4.79 Å². The number of rotatable bonds is 2. The second-order valence-corrected chi connectivity index (χ2v) is 4.65. The molecule has 5 nitrogen and oxygen atoms in total. The van der Waals surface area contributed by atoms with E-state index in [1.54, 1.807) is 29.2 Å². The Morgan fingerprint density at radius 3 is 2.35 bits per heavy atom. The first-order chi connectivity index (χ1) is 9.60. The Labute approximate surface area is 117 Å². The van der Waals surface area contributed by atoms with Crippen molar-refractivity contribution in [1.29, 1.82) is 0 Å². The number of carbonyl (C=O) groups is 2. The number of nitrogens with zero attached hydrogens (tertiary/aromatic N) is 1. The number of amides is 2. The second kappa shape index (κ2) is 6.11. The molecule has 1 saturated heterocycles. The Bertz CT molecular complexity index is 537. The van der Waals surface area contributed by atoms with E-state index in [0.29, 0.717) is 31.5 Å². The lowest BCUT2D eigenvalue weighted by Crippen LogP contribution is -2.41. The zero-order valence-electron chi connectivity index (χ0n) is 11.0. The van der Waals surface area contributed by atoms with Gasteiger partial charge in [-0.3, -0.25) is 4.79 Å². The van der Waals surface area contributed by atoms with Crippen molar-refractivity contribution in [2.75, 3.05) is 13.1 Å². The topological polar surface area (TPSA) is 72.6 Å². The van der Waals surface area contributed by atoms with E-state index in [1.165, 1.54) is 0 Å². The van der Waals surface area contributed by atoms with Gasteiger partial charge < -0.3 is 15.4 Å². The molecule has 0 saturated carbocycles. The van der Waals surface area contributed by atoms with Crippen LogP contribution in [-0.2, 0) is 4.74 Å². The highest BCUT2D eigenvalue weighted by Crippen LogP contribution is 2.16. The SMILES string of the molecule is C#Cc1ccc(C(=O)N2CCC(OC(N)=O)CC2)cc1. The van der Waals surface area contributed by atoms with Gasteiger partial charge in [-0.1, -0.05) is 5.92 Å². The van der Waals surface area contributed by atoms with Crippen molar-refractivity contribution in [3.05, 3.63) is 35.4 Å². The molecule has 2 rings (SSSR count). The molecule has 0 unspecified atom stereocenters. The summed E-state index contributed by atoms with van der Waals surface area (Å²) in [6.45, 7) is 1.10. The molecule has 1 fully saturated rings. The van der Waals surface area contributed by atoms with Gasteiger partial charge in [0, 0.05) is 37.1 Å². The zero-order valence-corrected chi connectivity index (χ0v) is 11.0. The van der Waals surface area contributed by atoms with Gasteiger partial charge >= 0.3 is 6.09 Å². The summed E-state index contributed by atoms with van der Waals surface area (Å²) in [5, 5.41) is 0. The number of hydrogen-bond donors (Lipinski definition) is 1. The molecule has 0 aromatic heterocycles. The third-order valence-electron chi connectivity index (χ3n) is 3.31. The first kappa shape index (κ1) is 13.9. The Balaban J connectivity index is 1.94. The number of primary amides is 1. The zero-order chi connectivity index (χ0) is 14.5. The van der Waals surface area contributed by atoms with Gasteiger partial charge in [0.05, 0.1) is 0 Å². The quantitative estimate of drug-likeness (QED) is 0.826. The molecule has 5 heteroatoms. The van der Waals surface area contributed by atoms with Gasteiger partial charge in [-0.15, -0.1) is 6.42 Å². The molecule has 0 radical (unpaired) electrons. The molecule has 0 spiro atoms. The lowest BCUT2D eigenvalue weighted by molar-refractivity contribution is 0.0455.